The van der Waals surface area contributed by atoms with E-state index in [1.807, 2.05) is 0 Å². The fourth-order valence-electron chi connectivity index (χ4n) is 8.20. The van der Waals surface area contributed by atoms with E-state index in [1.54, 1.807) is 18.6 Å². The van der Waals surface area contributed by atoms with Crippen molar-refractivity contribution in [1.82, 2.24) is 5.32 Å². The molecular formula is C26H38N2O3. The smallest absolute Gasteiger partial charge is 0.331 e. The lowest BCUT2D eigenvalue weighted by atomic mass is 9.45. The molecule has 5 rings (SSSR count). The molecule has 4 aliphatic carbocycles. The van der Waals surface area contributed by atoms with Crippen LogP contribution in [-0.4, -0.2) is 30.6 Å². The molecule has 3 N–H and O–H groups in total. The summed E-state index contributed by atoms with van der Waals surface area (Å²) >= 11 is 0. The summed E-state index contributed by atoms with van der Waals surface area (Å²) < 4.78 is 5.26. The third-order valence-electron chi connectivity index (χ3n) is 9.96. The van der Waals surface area contributed by atoms with Crippen molar-refractivity contribution in [3.8, 4) is 0 Å². The number of allylic oxidation sites excluding steroid dienone is 2. The van der Waals surface area contributed by atoms with E-state index in [9.17, 15) is 9.59 Å². The highest BCUT2D eigenvalue weighted by atomic mass is 16.5. The van der Waals surface area contributed by atoms with E-state index in [1.165, 1.54) is 37.7 Å². The molecule has 0 spiro atoms. The number of rotatable bonds is 3. The molecular weight excluding hydrogens is 388 g/mol. The van der Waals surface area contributed by atoms with Gasteiger partial charge in [-0.05, 0) is 98.4 Å². The third-order valence-corrected chi connectivity index (χ3v) is 9.96. The number of carbonyl (C=O) groups is 2. The van der Waals surface area contributed by atoms with Crippen LogP contribution in [0.3, 0.4) is 0 Å². The normalized spacial score (nSPS) is 44.9. The molecule has 0 aromatic heterocycles. The zero-order chi connectivity index (χ0) is 22.0. The van der Waals surface area contributed by atoms with E-state index in [0.29, 0.717) is 29.8 Å². The van der Waals surface area contributed by atoms with Gasteiger partial charge in [-0.2, -0.15) is 0 Å². The summed E-state index contributed by atoms with van der Waals surface area (Å²) in [5.41, 5.74) is 9.22. The number of esters is 1. The van der Waals surface area contributed by atoms with Gasteiger partial charge in [0.15, 0.2) is 0 Å². The Morgan fingerprint density at radius 1 is 1.23 bits per heavy atom. The highest BCUT2D eigenvalue weighted by Gasteiger charge is 2.58. The van der Waals surface area contributed by atoms with Crippen LogP contribution in [0.4, 0.5) is 0 Å². The molecule has 1 heterocycles. The maximum atomic E-state index is 12.1. The summed E-state index contributed by atoms with van der Waals surface area (Å²) in [4.78, 5) is 23.8. The van der Waals surface area contributed by atoms with Crippen molar-refractivity contribution < 1.29 is 14.3 Å². The van der Waals surface area contributed by atoms with E-state index in [0.717, 1.165) is 25.2 Å². The Kier molecular flexibility index (Phi) is 5.12. The molecule has 0 bridgehead atoms. The molecule has 0 aromatic carbocycles. The topological polar surface area (TPSA) is 81.4 Å². The standard InChI is InChI=1S/C26H38N2O3/c1-15(27)24(30)28-18-8-10-25(2)17(13-18)4-5-19-21-7-6-20(16-12-23(29)31-14-16)26(21,3)11-9-22(19)25/h7,12,15,17-20,22H,4-6,8-11,13-14,27H2,1-3H3,(H,28,30)/t15-,17+,18-,19-,20+,22-,25-,26+/m0/s1. The summed E-state index contributed by atoms with van der Waals surface area (Å²) in [6, 6.07) is -0.151. The average molecular weight is 427 g/mol. The minimum atomic E-state index is -0.432. The van der Waals surface area contributed by atoms with Gasteiger partial charge in [0.2, 0.25) is 5.91 Å². The molecule has 0 aromatic rings. The highest BCUT2D eigenvalue weighted by molar-refractivity contribution is 5.85. The third kappa shape index (κ3) is 3.30. The lowest BCUT2D eigenvalue weighted by Crippen LogP contribution is -2.54. The van der Waals surface area contributed by atoms with Gasteiger partial charge in [-0.1, -0.05) is 25.5 Å². The van der Waals surface area contributed by atoms with Gasteiger partial charge in [-0.15, -0.1) is 0 Å². The average Bonchev–Trinajstić information content (AvgIpc) is 3.30. The van der Waals surface area contributed by atoms with Crippen LogP contribution in [0.25, 0.3) is 0 Å². The molecule has 170 valence electrons. The Bertz CT molecular complexity index is 846. The quantitative estimate of drug-likeness (QED) is 0.530. The Labute approximate surface area is 186 Å². The minimum Gasteiger partial charge on any atom is -0.458 e. The number of hydrogen-bond acceptors (Lipinski definition) is 4. The summed E-state index contributed by atoms with van der Waals surface area (Å²) in [5.74, 6) is 2.36. The van der Waals surface area contributed by atoms with Crippen LogP contribution >= 0.6 is 0 Å². The van der Waals surface area contributed by atoms with Crippen molar-refractivity contribution in [3.05, 3.63) is 23.3 Å². The largest absolute Gasteiger partial charge is 0.458 e. The first-order chi connectivity index (χ1) is 14.7. The summed E-state index contributed by atoms with van der Waals surface area (Å²) in [6.07, 6.45) is 13.7. The minimum absolute atomic E-state index is 0.0125. The van der Waals surface area contributed by atoms with Crippen molar-refractivity contribution in [2.24, 2.45) is 40.2 Å². The van der Waals surface area contributed by atoms with Gasteiger partial charge >= 0.3 is 5.97 Å². The fourth-order valence-corrected chi connectivity index (χ4v) is 8.20. The Hall–Kier alpha value is -1.62. The number of ether oxygens (including phenoxy) is 1. The molecule has 5 nitrogen and oxygen atoms in total. The van der Waals surface area contributed by atoms with Crippen LogP contribution in [0.15, 0.2) is 23.3 Å². The first kappa shape index (κ1) is 21.2. The molecule has 3 saturated carbocycles. The van der Waals surface area contributed by atoms with E-state index >= 15 is 0 Å². The number of hydrogen-bond donors (Lipinski definition) is 2. The van der Waals surface area contributed by atoms with Gasteiger partial charge in [0.25, 0.3) is 0 Å². The summed E-state index contributed by atoms with van der Waals surface area (Å²) in [7, 11) is 0. The molecule has 0 unspecified atom stereocenters. The molecule has 3 fully saturated rings. The Morgan fingerprint density at radius 3 is 2.74 bits per heavy atom. The monoisotopic (exact) mass is 426 g/mol. The van der Waals surface area contributed by atoms with Crippen molar-refractivity contribution in [2.75, 3.05) is 6.61 Å². The van der Waals surface area contributed by atoms with E-state index in [4.69, 9.17) is 10.5 Å². The van der Waals surface area contributed by atoms with Crippen LogP contribution in [0.2, 0.25) is 0 Å². The summed E-state index contributed by atoms with van der Waals surface area (Å²) in [6.45, 7) is 7.24. The van der Waals surface area contributed by atoms with E-state index in [2.05, 4.69) is 25.2 Å². The maximum Gasteiger partial charge on any atom is 0.331 e. The van der Waals surface area contributed by atoms with E-state index < -0.39 is 6.04 Å². The number of carbonyl (C=O) groups excluding carboxylic acids is 2. The molecule has 5 aliphatic rings. The van der Waals surface area contributed by atoms with Crippen molar-refractivity contribution in [2.45, 2.75) is 84.2 Å². The van der Waals surface area contributed by atoms with Crippen molar-refractivity contribution in [1.29, 1.82) is 0 Å². The molecule has 0 saturated heterocycles. The van der Waals surface area contributed by atoms with Crippen molar-refractivity contribution in [3.63, 3.8) is 0 Å². The molecule has 5 heteroatoms. The predicted molar refractivity (Wildman–Crippen MR) is 120 cm³/mol. The maximum absolute atomic E-state index is 12.1. The predicted octanol–water partition coefficient (Wildman–Crippen LogP) is 3.88. The van der Waals surface area contributed by atoms with Gasteiger partial charge in [-0.3, -0.25) is 4.79 Å². The summed E-state index contributed by atoms with van der Waals surface area (Å²) in [5, 5.41) is 3.20. The van der Waals surface area contributed by atoms with Gasteiger partial charge in [0.05, 0.1) is 6.04 Å². The van der Waals surface area contributed by atoms with Crippen LogP contribution in [0.5, 0.6) is 0 Å². The van der Waals surface area contributed by atoms with Gasteiger partial charge in [0.1, 0.15) is 6.61 Å². The second-order valence-electron chi connectivity index (χ2n) is 11.5. The fraction of sp³-hybridized carbons (Fsp3) is 0.769. The van der Waals surface area contributed by atoms with Gasteiger partial charge in [-0.25, -0.2) is 4.79 Å². The zero-order valence-corrected chi connectivity index (χ0v) is 19.3. The SMILES string of the molecule is C[C@H](N)C(=O)N[C@H]1CC[C@@]2(C)[C@H](CC[C@H]3C4=CC[C@H](C5=CC(=O)OC5)[C@@]4(C)CC[C@@H]32)C1. The van der Waals surface area contributed by atoms with Crippen LogP contribution in [-0.2, 0) is 14.3 Å². The lowest BCUT2D eigenvalue weighted by molar-refractivity contribution is -0.135. The van der Waals surface area contributed by atoms with Gasteiger partial charge < -0.3 is 15.8 Å². The van der Waals surface area contributed by atoms with Crippen LogP contribution in [0.1, 0.15) is 72.1 Å². The van der Waals surface area contributed by atoms with Crippen LogP contribution < -0.4 is 11.1 Å². The van der Waals surface area contributed by atoms with E-state index in [-0.39, 0.29) is 23.3 Å². The lowest BCUT2D eigenvalue weighted by Gasteiger charge is -2.60. The molecule has 0 radical (unpaired) electrons. The highest BCUT2D eigenvalue weighted by Crippen LogP contribution is 2.66. The zero-order valence-electron chi connectivity index (χ0n) is 19.3. The molecule has 8 atom stereocenters. The second-order valence-corrected chi connectivity index (χ2v) is 11.5. The first-order valence-electron chi connectivity index (χ1n) is 12.4. The van der Waals surface area contributed by atoms with Crippen molar-refractivity contribution >= 4 is 11.9 Å². The van der Waals surface area contributed by atoms with Gasteiger partial charge in [0, 0.05) is 12.1 Å². The Morgan fingerprint density at radius 2 is 2.03 bits per heavy atom. The van der Waals surface area contributed by atoms with Crippen LogP contribution in [0, 0.1) is 34.5 Å². The Balaban J connectivity index is 1.32. The number of nitrogens with one attached hydrogen (secondary N) is 1. The number of cyclic esters (lactones) is 1. The number of nitrogens with two attached hydrogens (primary N) is 1. The number of amides is 1. The number of fused-ring (bicyclic) bond motifs is 5. The first-order valence-corrected chi connectivity index (χ1v) is 12.4. The molecule has 31 heavy (non-hydrogen) atoms. The molecule has 1 amide bonds. The molecule has 1 aliphatic heterocycles. The second kappa shape index (κ2) is 7.47.